The molecule has 2 unspecified atom stereocenters. The lowest BCUT2D eigenvalue weighted by Gasteiger charge is -2.27. The van der Waals surface area contributed by atoms with Gasteiger partial charge in [-0.25, -0.2) is 13.2 Å². The van der Waals surface area contributed by atoms with Gasteiger partial charge in [0.05, 0.1) is 12.0 Å². The molecule has 0 saturated heterocycles. The van der Waals surface area contributed by atoms with Crippen molar-refractivity contribution in [3.63, 3.8) is 0 Å². The SMILES string of the molecule is COc1ccc(C(=O)C(C(C)c2cc(C)ccc2NC(=O)OC(C)(C)C)S(=O)(=O)c2ccc(C)cc2)cc1. The molecular formula is C30H35NO6S. The first-order valence-electron chi connectivity index (χ1n) is 12.3. The normalized spacial score (nSPS) is 13.3. The number of benzene rings is 3. The Kier molecular flexibility index (Phi) is 8.67. The van der Waals surface area contributed by atoms with E-state index in [2.05, 4.69) is 5.32 Å². The van der Waals surface area contributed by atoms with Gasteiger partial charge in [-0.1, -0.05) is 42.3 Å². The first-order chi connectivity index (χ1) is 17.7. The molecular weight excluding hydrogens is 502 g/mol. The summed E-state index contributed by atoms with van der Waals surface area (Å²) in [5, 5.41) is 1.28. The van der Waals surface area contributed by atoms with Gasteiger partial charge >= 0.3 is 6.09 Å². The Balaban J connectivity index is 2.14. The molecule has 2 atom stereocenters. The van der Waals surface area contributed by atoms with Crippen molar-refractivity contribution in [2.45, 2.75) is 63.2 Å². The van der Waals surface area contributed by atoms with E-state index in [0.717, 1.165) is 11.1 Å². The highest BCUT2D eigenvalue weighted by atomic mass is 32.2. The minimum Gasteiger partial charge on any atom is -0.497 e. The average molecular weight is 538 g/mol. The van der Waals surface area contributed by atoms with E-state index in [1.165, 1.54) is 19.2 Å². The molecule has 0 heterocycles. The lowest BCUT2D eigenvalue weighted by Crippen LogP contribution is -2.36. The van der Waals surface area contributed by atoms with Crippen molar-refractivity contribution in [1.29, 1.82) is 0 Å². The van der Waals surface area contributed by atoms with Gasteiger partial charge in [0, 0.05) is 17.2 Å². The van der Waals surface area contributed by atoms with E-state index in [9.17, 15) is 18.0 Å². The van der Waals surface area contributed by atoms with E-state index in [1.807, 2.05) is 13.8 Å². The summed E-state index contributed by atoms with van der Waals surface area (Å²) < 4.78 is 38.7. The topological polar surface area (TPSA) is 98.8 Å². The van der Waals surface area contributed by atoms with Crippen LogP contribution in [0.3, 0.4) is 0 Å². The molecule has 3 aromatic rings. The number of ketones is 1. The molecule has 3 aromatic carbocycles. The smallest absolute Gasteiger partial charge is 0.412 e. The quantitative estimate of drug-likeness (QED) is 0.330. The van der Waals surface area contributed by atoms with Crippen LogP contribution in [0.15, 0.2) is 71.6 Å². The Morgan fingerprint density at radius 1 is 0.868 bits per heavy atom. The number of hydrogen-bond donors (Lipinski definition) is 1. The predicted molar refractivity (Wildman–Crippen MR) is 149 cm³/mol. The number of anilines is 1. The zero-order valence-electron chi connectivity index (χ0n) is 22.9. The molecule has 0 spiro atoms. The van der Waals surface area contributed by atoms with Crippen molar-refractivity contribution in [1.82, 2.24) is 0 Å². The molecule has 0 aliphatic carbocycles. The van der Waals surface area contributed by atoms with Crippen molar-refractivity contribution in [2.24, 2.45) is 0 Å². The summed E-state index contributed by atoms with van der Waals surface area (Å²) in [6.45, 7) is 10.7. The summed E-state index contributed by atoms with van der Waals surface area (Å²) >= 11 is 0. The molecule has 202 valence electrons. The van der Waals surface area contributed by atoms with Gasteiger partial charge in [0.2, 0.25) is 0 Å². The third kappa shape index (κ3) is 6.81. The maximum atomic E-state index is 14.0. The van der Waals surface area contributed by atoms with Gasteiger partial charge in [0.1, 0.15) is 16.6 Å². The molecule has 1 N–H and O–H groups in total. The molecule has 1 amide bonds. The molecule has 0 bridgehead atoms. The number of carbonyl (C=O) groups is 2. The zero-order valence-corrected chi connectivity index (χ0v) is 23.7. The van der Waals surface area contributed by atoms with Crippen LogP contribution in [-0.4, -0.2) is 38.3 Å². The van der Waals surface area contributed by atoms with Crippen LogP contribution in [0.5, 0.6) is 5.75 Å². The second-order valence-electron chi connectivity index (χ2n) is 10.4. The van der Waals surface area contributed by atoms with Crippen molar-refractivity contribution in [2.75, 3.05) is 12.4 Å². The van der Waals surface area contributed by atoms with Crippen LogP contribution < -0.4 is 10.1 Å². The molecule has 38 heavy (non-hydrogen) atoms. The van der Waals surface area contributed by atoms with Gasteiger partial charge in [-0.05, 0) is 82.6 Å². The Labute approximate surface area is 225 Å². The van der Waals surface area contributed by atoms with E-state index in [1.54, 1.807) is 82.3 Å². The molecule has 0 fully saturated rings. The number of ether oxygens (including phenoxy) is 2. The Morgan fingerprint density at radius 3 is 2.00 bits per heavy atom. The molecule has 0 saturated carbocycles. The van der Waals surface area contributed by atoms with Crippen LogP contribution in [0.2, 0.25) is 0 Å². The molecule has 8 heteroatoms. The van der Waals surface area contributed by atoms with E-state index < -0.39 is 38.5 Å². The Bertz CT molecular complexity index is 1400. The zero-order chi connectivity index (χ0) is 28.3. The highest BCUT2D eigenvalue weighted by Gasteiger charge is 2.40. The highest BCUT2D eigenvalue weighted by Crippen LogP contribution is 2.36. The summed E-state index contributed by atoms with van der Waals surface area (Å²) in [4.78, 5) is 26.6. The van der Waals surface area contributed by atoms with E-state index in [0.29, 0.717) is 17.0 Å². The van der Waals surface area contributed by atoms with Crippen molar-refractivity contribution in [3.05, 3.63) is 89.0 Å². The highest BCUT2D eigenvalue weighted by molar-refractivity contribution is 7.93. The van der Waals surface area contributed by atoms with Crippen LogP contribution in [0.4, 0.5) is 10.5 Å². The number of aryl methyl sites for hydroxylation is 2. The van der Waals surface area contributed by atoms with Gasteiger partial charge in [0.15, 0.2) is 15.6 Å². The standard InChI is InChI=1S/C30H35NO6S/c1-19-8-15-24(16-9-19)38(34,35)28(27(32)22-11-13-23(36-7)14-12-22)21(3)25-18-20(2)10-17-26(25)31-29(33)37-30(4,5)6/h8-18,21,28H,1-7H3,(H,31,33). The van der Waals surface area contributed by atoms with Gasteiger partial charge in [-0.2, -0.15) is 0 Å². The average Bonchev–Trinajstić information content (AvgIpc) is 2.84. The van der Waals surface area contributed by atoms with Gasteiger partial charge in [-0.15, -0.1) is 0 Å². The van der Waals surface area contributed by atoms with Crippen LogP contribution in [0.25, 0.3) is 0 Å². The number of nitrogens with one attached hydrogen (secondary N) is 1. The number of methoxy groups -OCH3 is 1. The lowest BCUT2D eigenvalue weighted by molar-refractivity contribution is 0.0635. The van der Waals surface area contributed by atoms with Crippen LogP contribution in [-0.2, 0) is 14.6 Å². The maximum Gasteiger partial charge on any atom is 0.412 e. The molecule has 7 nitrogen and oxygen atoms in total. The second kappa shape index (κ2) is 11.4. The predicted octanol–water partition coefficient (Wildman–Crippen LogP) is 6.49. The molecule has 0 aliphatic heterocycles. The summed E-state index contributed by atoms with van der Waals surface area (Å²) in [6.07, 6.45) is -0.672. The molecule has 0 radical (unpaired) electrons. The van der Waals surface area contributed by atoms with E-state index in [4.69, 9.17) is 9.47 Å². The monoisotopic (exact) mass is 537 g/mol. The second-order valence-corrected chi connectivity index (χ2v) is 12.4. The van der Waals surface area contributed by atoms with Crippen LogP contribution >= 0.6 is 0 Å². The molecule has 0 aromatic heterocycles. The number of amides is 1. The largest absolute Gasteiger partial charge is 0.497 e. The lowest BCUT2D eigenvalue weighted by atomic mass is 9.90. The number of rotatable bonds is 8. The molecule has 3 rings (SSSR count). The summed E-state index contributed by atoms with van der Waals surface area (Å²) in [7, 11) is -2.63. The van der Waals surface area contributed by atoms with Crippen molar-refractivity contribution in [3.8, 4) is 5.75 Å². The fourth-order valence-corrected chi connectivity index (χ4v) is 6.09. The third-order valence-electron chi connectivity index (χ3n) is 6.10. The third-order valence-corrected chi connectivity index (χ3v) is 8.32. The number of carbonyl (C=O) groups excluding carboxylic acids is 2. The van der Waals surface area contributed by atoms with Gasteiger partial charge in [0.25, 0.3) is 0 Å². The fraction of sp³-hybridized carbons (Fsp3) is 0.333. The summed E-state index contributed by atoms with van der Waals surface area (Å²) in [6, 6.07) is 18.1. The van der Waals surface area contributed by atoms with Crippen molar-refractivity contribution >= 4 is 27.4 Å². The van der Waals surface area contributed by atoms with Crippen LogP contribution in [0.1, 0.15) is 60.7 Å². The van der Waals surface area contributed by atoms with Gasteiger partial charge < -0.3 is 9.47 Å². The summed E-state index contributed by atoms with van der Waals surface area (Å²) in [5.74, 6) is -0.818. The number of Topliss-reactive ketones (excluding diaryl/α,β-unsaturated/α-hetero) is 1. The first-order valence-corrected chi connectivity index (χ1v) is 13.9. The Hall–Kier alpha value is -3.65. The molecule has 0 aliphatic rings. The first kappa shape index (κ1) is 28.9. The minimum atomic E-state index is -4.14. The maximum absolute atomic E-state index is 14.0. The minimum absolute atomic E-state index is 0.0520. The Morgan fingerprint density at radius 2 is 1.45 bits per heavy atom. The van der Waals surface area contributed by atoms with Crippen LogP contribution in [0, 0.1) is 13.8 Å². The van der Waals surface area contributed by atoms with E-state index >= 15 is 0 Å². The number of hydrogen-bond acceptors (Lipinski definition) is 6. The summed E-state index contributed by atoms with van der Waals surface area (Å²) in [5.41, 5.74) is 2.17. The fourth-order valence-electron chi connectivity index (χ4n) is 4.18. The van der Waals surface area contributed by atoms with Crippen molar-refractivity contribution < 1.29 is 27.5 Å². The van der Waals surface area contributed by atoms with E-state index in [-0.39, 0.29) is 10.5 Å². The van der Waals surface area contributed by atoms with Gasteiger partial charge in [-0.3, -0.25) is 10.1 Å². The number of sulfone groups is 1.